The lowest BCUT2D eigenvalue weighted by Crippen LogP contribution is -2.32. The molecular formula is C15H24N4O. The Labute approximate surface area is 120 Å². The maximum absolute atomic E-state index is 12.3. The van der Waals surface area contributed by atoms with Crippen LogP contribution >= 0.6 is 0 Å². The van der Waals surface area contributed by atoms with Gasteiger partial charge in [0.05, 0.1) is 12.4 Å². The van der Waals surface area contributed by atoms with E-state index in [9.17, 15) is 4.79 Å². The molecule has 2 rings (SSSR count). The van der Waals surface area contributed by atoms with Gasteiger partial charge in [0.15, 0.2) is 0 Å². The Morgan fingerprint density at radius 2 is 1.95 bits per heavy atom. The fraction of sp³-hybridized carbons (Fsp3) is 0.667. The van der Waals surface area contributed by atoms with Crippen molar-refractivity contribution in [1.29, 1.82) is 0 Å². The maximum atomic E-state index is 12.3. The number of nitrogens with one attached hydrogen (secondary N) is 1. The summed E-state index contributed by atoms with van der Waals surface area (Å²) in [5.74, 6) is 0.755. The minimum atomic E-state index is 0.0134. The largest absolute Gasteiger partial charge is 0.369 e. The Bertz CT molecular complexity index is 410. The number of hydrogen-bond donors (Lipinski definition) is 1. The van der Waals surface area contributed by atoms with Crippen LogP contribution in [-0.4, -0.2) is 40.4 Å². The molecule has 2 heterocycles. The van der Waals surface area contributed by atoms with Gasteiger partial charge < -0.3 is 10.2 Å². The predicted octanol–water partition coefficient (Wildman–Crippen LogP) is 2.70. The molecule has 1 aromatic heterocycles. The number of aromatic nitrogens is 2. The van der Waals surface area contributed by atoms with Crippen molar-refractivity contribution in [3.8, 4) is 0 Å². The Morgan fingerprint density at radius 1 is 1.20 bits per heavy atom. The minimum absolute atomic E-state index is 0.0134. The van der Waals surface area contributed by atoms with Crippen LogP contribution in [-0.2, 0) is 0 Å². The molecule has 1 aliphatic heterocycles. The van der Waals surface area contributed by atoms with Crippen molar-refractivity contribution >= 4 is 11.7 Å². The first-order valence-electron chi connectivity index (χ1n) is 7.66. The lowest BCUT2D eigenvalue weighted by atomic mass is 10.2. The van der Waals surface area contributed by atoms with Gasteiger partial charge in [-0.2, -0.15) is 0 Å². The highest BCUT2D eigenvalue weighted by molar-refractivity contribution is 5.92. The molecule has 0 bridgehead atoms. The van der Waals surface area contributed by atoms with Gasteiger partial charge >= 0.3 is 0 Å². The van der Waals surface area contributed by atoms with Crippen LogP contribution < -0.4 is 5.32 Å². The number of unbranched alkanes of at least 4 members (excludes halogenated alkanes) is 1. The molecule has 1 fully saturated rings. The monoisotopic (exact) mass is 276 g/mol. The second-order valence-corrected chi connectivity index (χ2v) is 5.27. The molecular weight excluding hydrogens is 252 g/mol. The van der Waals surface area contributed by atoms with Crippen LogP contribution in [0.1, 0.15) is 55.9 Å². The average molecular weight is 276 g/mol. The standard InChI is InChI=1S/C15H24N4O/c1-2-3-8-16-14-12-17-13(11-18-14)15(20)19-9-6-4-5-7-10-19/h11-12H,2-10H2,1H3,(H,16,18). The number of amides is 1. The molecule has 0 radical (unpaired) electrons. The van der Waals surface area contributed by atoms with Crippen LogP contribution in [0.25, 0.3) is 0 Å². The van der Waals surface area contributed by atoms with E-state index in [1.807, 2.05) is 4.90 Å². The number of anilines is 1. The van der Waals surface area contributed by atoms with E-state index < -0.39 is 0 Å². The SMILES string of the molecule is CCCCNc1cnc(C(=O)N2CCCCCC2)cn1. The predicted molar refractivity (Wildman–Crippen MR) is 79.8 cm³/mol. The van der Waals surface area contributed by atoms with E-state index in [1.165, 1.54) is 12.8 Å². The van der Waals surface area contributed by atoms with E-state index in [0.29, 0.717) is 5.69 Å². The number of carbonyl (C=O) groups excluding carboxylic acids is 1. The molecule has 5 heteroatoms. The summed E-state index contributed by atoms with van der Waals surface area (Å²) in [6, 6.07) is 0. The highest BCUT2D eigenvalue weighted by Crippen LogP contribution is 2.12. The molecule has 1 amide bonds. The van der Waals surface area contributed by atoms with Crippen molar-refractivity contribution in [1.82, 2.24) is 14.9 Å². The summed E-state index contributed by atoms with van der Waals surface area (Å²) >= 11 is 0. The van der Waals surface area contributed by atoms with Crippen LogP contribution in [0.15, 0.2) is 12.4 Å². The molecule has 20 heavy (non-hydrogen) atoms. The van der Waals surface area contributed by atoms with Crippen LogP contribution in [0.3, 0.4) is 0 Å². The summed E-state index contributed by atoms with van der Waals surface area (Å²) in [7, 11) is 0. The van der Waals surface area contributed by atoms with Gasteiger partial charge in [-0.15, -0.1) is 0 Å². The van der Waals surface area contributed by atoms with Crippen molar-refractivity contribution in [3.05, 3.63) is 18.1 Å². The molecule has 0 aliphatic carbocycles. The second-order valence-electron chi connectivity index (χ2n) is 5.27. The van der Waals surface area contributed by atoms with Gasteiger partial charge in [-0.05, 0) is 19.3 Å². The maximum Gasteiger partial charge on any atom is 0.274 e. The summed E-state index contributed by atoms with van der Waals surface area (Å²) in [6.45, 7) is 4.73. The van der Waals surface area contributed by atoms with Gasteiger partial charge in [-0.1, -0.05) is 26.2 Å². The van der Waals surface area contributed by atoms with Crippen molar-refractivity contribution < 1.29 is 4.79 Å². The Hall–Kier alpha value is -1.65. The van der Waals surface area contributed by atoms with E-state index in [1.54, 1.807) is 12.4 Å². The first-order valence-corrected chi connectivity index (χ1v) is 7.66. The van der Waals surface area contributed by atoms with Crippen molar-refractivity contribution in [2.24, 2.45) is 0 Å². The van der Waals surface area contributed by atoms with Crippen LogP contribution in [0.2, 0.25) is 0 Å². The smallest absolute Gasteiger partial charge is 0.274 e. The number of rotatable bonds is 5. The first kappa shape index (κ1) is 14.8. The van der Waals surface area contributed by atoms with Crippen LogP contribution in [0.5, 0.6) is 0 Å². The molecule has 0 saturated carbocycles. The molecule has 0 atom stereocenters. The van der Waals surface area contributed by atoms with E-state index in [4.69, 9.17) is 0 Å². The highest BCUT2D eigenvalue weighted by atomic mass is 16.2. The third kappa shape index (κ3) is 4.18. The van der Waals surface area contributed by atoms with E-state index in [0.717, 1.165) is 51.1 Å². The summed E-state index contributed by atoms with van der Waals surface area (Å²) < 4.78 is 0. The quantitative estimate of drug-likeness (QED) is 0.840. The van der Waals surface area contributed by atoms with Crippen molar-refractivity contribution in [3.63, 3.8) is 0 Å². The molecule has 1 aromatic rings. The van der Waals surface area contributed by atoms with Gasteiger partial charge in [-0.25, -0.2) is 9.97 Å². The van der Waals surface area contributed by atoms with Crippen molar-refractivity contribution in [2.45, 2.75) is 45.4 Å². The van der Waals surface area contributed by atoms with Crippen molar-refractivity contribution in [2.75, 3.05) is 25.0 Å². The summed E-state index contributed by atoms with van der Waals surface area (Å²) in [4.78, 5) is 22.7. The minimum Gasteiger partial charge on any atom is -0.369 e. The van der Waals surface area contributed by atoms with E-state index in [-0.39, 0.29) is 5.91 Å². The fourth-order valence-corrected chi connectivity index (χ4v) is 2.36. The lowest BCUT2D eigenvalue weighted by Gasteiger charge is -2.19. The Morgan fingerprint density at radius 3 is 2.55 bits per heavy atom. The Balaban J connectivity index is 1.92. The molecule has 1 saturated heterocycles. The second kappa shape index (κ2) is 7.82. The van der Waals surface area contributed by atoms with Gasteiger partial charge in [0, 0.05) is 19.6 Å². The van der Waals surface area contributed by atoms with E-state index in [2.05, 4.69) is 22.2 Å². The molecule has 0 aromatic carbocycles. The fourth-order valence-electron chi connectivity index (χ4n) is 2.36. The lowest BCUT2D eigenvalue weighted by molar-refractivity contribution is 0.0755. The zero-order valence-electron chi connectivity index (χ0n) is 12.3. The van der Waals surface area contributed by atoms with Gasteiger partial charge in [0.2, 0.25) is 0 Å². The molecule has 1 aliphatic rings. The van der Waals surface area contributed by atoms with Crippen LogP contribution in [0, 0.1) is 0 Å². The number of nitrogens with zero attached hydrogens (tertiary/aromatic N) is 3. The summed E-state index contributed by atoms with van der Waals surface area (Å²) in [5.41, 5.74) is 0.452. The molecule has 0 unspecified atom stereocenters. The molecule has 1 N–H and O–H groups in total. The topological polar surface area (TPSA) is 58.1 Å². The zero-order chi connectivity index (χ0) is 14.2. The number of likely N-dealkylation sites (tertiary alicyclic amines) is 1. The van der Waals surface area contributed by atoms with E-state index >= 15 is 0 Å². The Kier molecular flexibility index (Phi) is 5.77. The highest BCUT2D eigenvalue weighted by Gasteiger charge is 2.18. The average Bonchev–Trinajstić information content (AvgIpc) is 2.77. The summed E-state index contributed by atoms with van der Waals surface area (Å²) in [6.07, 6.45) is 10.1. The molecule has 5 nitrogen and oxygen atoms in total. The number of carbonyl (C=O) groups is 1. The third-order valence-electron chi connectivity index (χ3n) is 3.60. The van der Waals surface area contributed by atoms with Crippen LogP contribution in [0.4, 0.5) is 5.82 Å². The van der Waals surface area contributed by atoms with Gasteiger partial charge in [0.25, 0.3) is 5.91 Å². The molecule has 0 spiro atoms. The normalized spacial score (nSPS) is 15.8. The molecule has 110 valence electrons. The first-order chi connectivity index (χ1) is 9.81. The van der Waals surface area contributed by atoms with Gasteiger partial charge in [0.1, 0.15) is 11.5 Å². The zero-order valence-corrected chi connectivity index (χ0v) is 12.3. The third-order valence-corrected chi connectivity index (χ3v) is 3.60. The van der Waals surface area contributed by atoms with Gasteiger partial charge in [-0.3, -0.25) is 4.79 Å². The number of hydrogen-bond acceptors (Lipinski definition) is 4. The summed E-state index contributed by atoms with van der Waals surface area (Å²) in [5, 5.41) is 3.20.